The first-order valence-corrected chi connectivity index (χ1v) is 6.43. The van der Waals surface area contributed by atoms with Crippen LogP contribution in [0.5, 0.6) is 0 Å². The van der Waals surface area contributed by atoms with Crippen LogP contribution in [0.15, 0.2) is 0 Å². The summed E-state index contributed by atoms with van der Waals surface area (Å²) in [6.07, 6.45) is 1.45. The van der Waals surface area contributed by atoms with Gasteiger partial charge in [-0.05, 0) is 19.8 Å². The van der Waals surface area contributed by atoms with E-state index in [1.165, 1.54) is 0 Å². The third-order valence-electron chi connectivity index (χ3n) is 2.99. The molecule has 3 N–H and O–H groups in total. The molecule has 1 fully saturated rings. The zero-order valence-electron chi connectivity index (χ0n) is 10.7. The molecule has 5 heteroatoms. The lowest BCUT2D eigenvalue weighted by Gasteiger charge is -2.16. The molecule has 1 heterocycles. The summed E-state index contributed by atoms with van der Waals surface area (Å²) in [5.41, 5.74) is 0. The molecule has 100 valence electrons. The van der Waals surface area contributed by atoms with Crippen molar-refractivity contribution in [2.24, 2.45) is 5.92 Å². The van der Waals surface area contributed by atoms with Crippen LogP contribution in [-0.4, -0.2) is 49.5 Å². The van der Waals surface area contributed by atoms with E-state index in [0.29, 0.717) is 26.2 Å². The standard InChI is InChI=1S/C12H24N2O3/c1-3-11-10(4-7-17-11)12(16)14-6-5-13-8-9(2)15/h9-11,13,15H,3-8H2,1-2H3,(H,14,16). The van der Waals surface area contributed by atoms with Crippen molar-refractivity contribution in [3.63, 3.8) is 0 Å². The lowest BCUT2D eigenvalue weighted by molar-refractivity contribution is -0.126. The Labute approximate surface area is 103 Å². The molecule has 3 atom stereocenters. The molecule has 1 aliphatic heterocycles. The number of aliphatic hydroxyl groups is 1. The summed E-state index contributed by atoms with van der Waals surface area (Å²) in [5.74, 6) is 0.102. The average Bonchev–Trinajstić information content (AvgIpc) is 2.75. The van der Waals surface area contributed by atoms with Gasteiger partial charge in [-0.25, -0.2) is 0 Å². The molecule has 3 unspecified atom stereocenters. The van der Waals surface area contributed by atoms with E-state index >= 15 is 0 Å². The quantitative estimate of drug-likeness (QED) is 0.546. The Balaban J connectivity index is 2.12. The molecule has 17 heavy (non-hydrogen) atoms. The van der Waals surface area contributed by atoms with Crippen LogP contribution in [0.4, 0.5) is 0 Å². The highest BCUT2D eigenvalue weighted by Crippen LogP contribution is 2.23. The van der Waals surface area contributed by atoms with Crippen LogP contribution >= 0.6 is 0 Å². The third kappa shape index (κ3) is 5.02. The van der Waals surface area contributed by atoms with E-state index in [1.54, 1.807) is 6.92 Å². The number of carbonyl (C=O) groups excluding carboxylic acids is 1. The molecule has 0 spiro atoms. The van der Waals surface area contributed by atoms with Gasteiger partial charge in [0.1, 0.15) is 0 Å². The molecule has 0 aromatic carbocycles. The minimum Gasteiger partial charge on any atom is -0.392 e. The van der Waals surface area contributed by atoms with Gasteiger partial charge in [0.15, 0.2) is 0 Å². The number of carbonyl (C=O) groups is 1. The van der Waals surface area contributed by atoms with Gasteiger partial charge in [-0.2, -0.15) is 0 Å². The largest absolute Gasteiger partial charge is 0.392 e. The Morgan fingerprint density at radius 3 is 2.94 bits per heavy atom. The summed E-state index contributed by atoms with van der Waals surface area (Å²) in [4.78, 5) is 11.8. The predicted molar refractivity (Wildman–Crippen MR) is 65.7 cm³/mol. The van der Waals surface area contributed by atoms with Crippen molar-refractivity contribution in [2.45, 2.75) is 38.9 Å². The van der Waals surface area contributed by atoms with Crippen LogP contribution in [-0.2, 0) is 9.53 Å². The van der Waals surface area contributed by atoms with Crippen LogP contribution in [0.3, 0.4) is 0 Å². The highest BCUT2D eigenvalue weighted by molar-refractivity contribution is 5.79. The number of hydrogen-bond donors (Lipinski definition) is 3. The van der Waals surface area contributed by atoms with E-state index in [9.17, 15) is 4.79 Å². The maximum atomic E-state index is 11.8. The molecular formula is C12H24N2O3. The summed E-state index contributed by atoms with van der Waals surface area (Å²) in [6, 6.07) is 0. The van der Waals surface area contributed by atoms with Crippen LogP contribution in [0.25, 0.3) is 0 Å². The van der Waals surface area contributed by atoms with E-state index in [-0.39, 0.29) is 24.0 Å². The summed E-state index contributed by atoms with van der Waals surface area (Å²) < 4.78 is 5.49. The lowest BCUT2D eigenvalue weighted by atomic mass is 9.99. The Bertz CT molecular complexity index is 234. The van der Waals surface area contributed by atoms with Crippen molar-refractivity contribution in [1.82, 2.24) is 10.6 Å². The van der Waals surface area contributed by atoms with E-state index < -0.39 is 0 Å². The minimum absolute atomic E-state index is 0.0109. The molecule has 0 bridgehead atoms. The molecule has 1 aliphatic rings. The van der Waals surface area contributed by atoms with Crippen molar-refractivity contribution in [3.8, 4) is 0 Å². The van der Waals surface area contributed by atoms with E-state index in [2.05, 4.69) is 10.6 Å². The van der Waals surface area contributed by atoms with E-state index in [1.807, 2.05) is 6.92 Å². The smallest absolute Gasteiger partial charge is 0.225 e. The first kappa shape index (κ1) is 14.4. The fourth-order valence-corrected chi connectivity index (χ4v) is 2.07. The molecule has 0 aromatic heterocycles. The highest BCUT2D eigenvalue weighted by atomic mass is 16.5. The fourth-order valence-electron chi connectivity index (χ4n) is 2.07. The van der Waals surface area contributed by atoms with E-state index in [0.717, 1.165) is 12.8 Å². The zero-order chi connectivity index (χ0) is 12.7. The summed E-state index contributed by atoms with van der Waals surface area (Å²) in [7, 11) is 0. The van der Waals surface area contributed by atoms with Gasteiger partial charge in [-0.1, -0.05) is 6.92 Å². The van der Waals surface area contributed by atoms with Gasteiger partial charge in [0.05, 0.1) is 18.1 Å². The molecule has 0 aliphatic carbocycles. The molecular weight excluding hydrogens is 220 g/mol. The van der Waals surface area contributed by atoms with Crippen molar-refractivity contribution < 1.29 is 14.6 Å². The first-order valence-electron chi connectivity index (χ1n) is 6.43. The summed E-state index contributed by atoms with van der Waals surface area (Å²) in [6.45, 7) is 6.30. The number of rotatable bonds is 7. The second kappa shape index (κ2) is 7.63. The maximum Gasteiger partial charge on any atom is 0.225 e. The zero-order valence-corrected chi connectivity index (χ0v) is 10.7. The van der Waals surface area contributed by atoms with Gasteiger partial charge in [0, 0.05) is 26.2 Å². The Morgan fingerprint density at radius 2 is 2.29 bits per heavy atom. The number of nitrogens with one attached hydrogen (secondary N) is 2. The van der Waals surface area contributed by atoms with Gasteiger partial charge in [-0.3, -0.25) is 4.79 Å². The molecule has 0 saturated carbocycles. The minimum atomic E-state index is -0.349. The van der Waals surface area contributed by atoms with Gasteiger partial charge in [0.2, 0.25) is 5.91 Å². The van der Waals surface area contributed by atoms with Crippen molar-refractivity contribution in [2.75, 3.05) is 26.2 Å². The van der Waals surface area contributed by atoms with Crippen molar-refractivity contribution >= 4 is 5.91 Å². The topological polar surface area (TPSA) is 70.6 Å². The Hall–Kier alpha value is -0.650. The number of hydrogen-bond acceptors (Lipinski definition) is 4. The molecule has 5 nitrogen and oxygen atoms in total. The lowest BCUT2D eigenvalue weighted by Crippen LogP contribution is -2.39. The molecule has 0 aromatic rings. The summed E-state index contributed by atoms with van der Waals surface area (Å²) >= 11 is 0. The Morgan fingerprint density at radius 1 is 1.53 bits per heavy atom. The fraction of sp³-hybridized carbons (Fsp3) is 0.917. The van der Waals surface area contributed by atoms with Crippen molar-refractivity contribution in [1.29, 1.82) is 0 Å². The van der Waals surface area contributed by atoms with Crippen LogP contribution in [0.1, 0.15) is 26.7 Å². The van der Waals surface area contributed by atoms with Crippen LogP contribution in [0.2, 0.25) is 0 Å². The Kier molecular flexibility index (Phi) is 6.47. The second-order valence-corrected chi connectivity index (χ2v) is 4.56. The number of ether oxygens (including phenoxy) is 1. The van der Waals surface area contributed by atoms with Crippen LogP contribution in [0, 0.1) is 5.92 Å². The average molecular weight is 244 g/mol. The second-order valence-electron chi connectivity index (χ2n) is 4.56. The van der Waals surface area contributed by atoms with Gasteiger partial charge < -0.3 is 20.5 Å². The van der Waals surface area contributed by atoms with E-state index in [4.69, 9.17) is 9.84 Å². The van der Waals surface area contributed by atoms with Gasteiger partial charge >= 0.3 is 0 Å². The molecule has 0 radical (unpaired) electrons. The molecule has 1 amide bonds. The predicted octanol–water partition coefficient (Wildman–Crippen LogP) is -0.112. The first-order chi connectivity index (χ1) is 8.15. The van der Waals surface area contributed by atoms with Gasteiger partial charge in [0.25, 0.3) is 0 Å². The van der Waals surface area contributed by atoms with Crippen LogP contribution < -0.4 is 10.6 Å². The van der Waals surface area contributed by atoms with Crippen molar-refractivity contribution in [3.05, 3.63) is 0 Å². The number of aliphatic hydroxyl groups excluding tert-OH is 1. The molecule has 1 rings (SSSR count). The van der Waals surface area contributed by atoms with Gasteiger partial charge in [-0.15, -0.1) is 0 Å². The maximum absolute atomic E-state index is 11.8. The third-order valence-corrected chi connectivity index (χ3v) is 2.99. The summed E-state index contributed by atoms with van der Waals surface area (Å²) in [5, 5.41) is 15.0. The monoisotopic (exact) mass is 244 g/mol. The highest BCUT2D eigenvalue weighted by Gasteiger charge is 2.32. The number of amides is 1. The molecule has 1 saturated heterocycles. The normalized spacial score (nSPS) is 25.8. The SMILES string of the molecule is CCC1OCCC1C(=O)NCCNCC(C)O.